The molecular weight excluding hydrogens is 360 g/mol. The number of ether oxygens (including phenoxy) is 1. The Bertz CT molecular complexity index is 874. The number of nitrogens with one attached hydrogen (secondary N) is 2. The molecule has 26 heavy (non-hydrogen) atoms. The van der Waals surface area contributed by atoms with E-state index in [1.54, 1.807) is 25.1 Å². The fourth-order valence-electron chi connectivity index (χ4n) is 2.19. The highest BCUT2D eigenvalue weighted by Gasteiger charge is 2.18. The second-order valence-electron chi connectivity index (χ2n) is 5.39. The molecule has 0 aliphatic carbocycles. The van der Waals surface area contributed by atoms with Gasteiger partial charge in [0.15, 0.2) is 0 Å². The lowest BCUT2D eigenvalue weighted by atomic mass is 10.1. The maximum atomic E-state index is 12.1. The fourth-order valence-corrected chi connectivity index (χ4v) is 2.95. The van der Waals surface area contributed by atoms with Gasteiger partial charge >= 0.3 is 5.97 Å². The number of rotatable bonds is 7. The number of hydrogen-bond acceptors (Lipinski definition) is 8. The number of aliphatic hydroxyl groups is 2. The molecule has 1 unspecified atom stereocenters. The summed E-state index contributed by atoms with van der Waals surface area (Å²) < 4.78 is 7.32. The summed E-state index contributed by atoms with van der Waals surface area (Å²) in [5, 5.41) is 21.7. The number of carbonyl (C=O) groups is 1. The minimum atomic E-state index is -1.05. The molecule has 2 aromatic rings. The van der Waals surface area contributed by atoms with E-state index >= 15 is 0 Å². The van der Waals surface area contributed by atoms with Gasteiger partial charge in [-0.25, -0.2) is 4.79 Å². The number of nitrogens with zero attached hydrogens (tertiary/aromatic N) is 1. The summed E-state index contributed by atoms with van der Waals surface area (Å²) in [5.41, 5.74) is 7.21. The Kier molecular flexibility index (Phi) is 6.50. The van der Waals surface area contributed by atoms with Crippen molar-refractivity contribution in [3.05, 3.63) is 45.2 Å². The molecular formula is C16H20N4O5S. The van der Waals surface area contributed by atoms with Crippen LogP contribution < -0.4 is 16.6 Å². The van der Waals surface area contributed by atoms with Gasteiger partial charge in [0.25, 0.3) is 5.56 Å². The van der Waals surface area contributed by atoms with Crippen molar-refractivity contribution in [1.29, 1.82) is 0 Å². The largest absolute Gasteiger partial charge is 0.465 e. The number of H-pyrrole nitrogens is 1. The van der Waals surface area contributed by atoms with E-state index in [2.05, 4.69) is 14.7 Å². The van der Waals surface area contributed by atoms with Crippen LogP contribution in [0.15, 0.2) is 28.0 Å². The van der Waals surface area contributed by atoms with Crippen molar-refractivity contribution in [2.45, 2.75) is 13.0 Å². The van der Waals surface area contributed by atoms with Crippen LogP contribution >= 0.6 is 11.5 Å². The Labute approximate surface area is 153 Å². The lowest BCUT2D eigenvalue weighted by molar-refractivity contribution is 0.0600. The summed E-state index contributed by atoms with van der Waals surface area (Å²) in [6, 6.07) is 5.07. The zero-order chi connectivity index (χ0) is 19.3. The van der Waals surface area contributed by atoms with Crippen molar-refractivity contribution in [2.24, 2.45) is 10.7 Å². The first-order valence-corrected chi connectivity index (χ1v) is 8.46. The quantitative estimate of drug-likeness (QED) is 0.264. The van der Waals surface area contributed by atoms with E-state index < -0.39 is 24.2 Å². The molecule has 0 aliphatic heterocycles. The van der Waals surface area contributed by atoms with Gasteiger partial charge < -0.3 is 26.0 Å². The van der Waals surface area contributed by atoms with Crippen molar-refractivity contribution < 1.29 is 19.7 Å². The van der Waals surface area contributed by atoms with Crippen LogP contribution in [0.3, 0.4) is 0 Å². The van der Waals surface area contributed by atoms with Gasteiger partial charge in [0.1, 0.15) is 16.4 Å². The molecule has 10 heteroatoms. The minimum absolute atomic E-state index is 0.0655. The molecule has 9 nitrogen and oxygen atoms in total. The van der Waals surface area contributed by atoms with Crippen LogP contribution in [0.2, 0.25) is 0 Å². The summed E-state index contributed by atoms with van der Waals surface area (Å²) in [7, 11) is 1.30. The highest BCUT2D eigenvalue weighted by atomic mass is 32.1. The number of nitrogens with two attached hydrogens (primary N) is 1. The van der Waals surface area contributed by atoms with E-state index in [1.165, 1.54) is 7.11 Å². The average Bonchev–Trinajstić information content (AvgIpc) is 3.00. The highest BCUT2D eigenvalue weighted by Crippen LogP contribution is 2.27. The normalized spacial score (nSPS) is 12.7. The van der Waals surface area contributed by atoms with E-state index in [-0.39, 0.29) is 17.9 Å². The lowest BCUT2D eigenvalue weighted by Gasteiger charge is -2.12. The number of aliphatic imine (C=N–C) groups is 1. The summed E-state index contributed by atoms with van der Waals surface area (Å²) in [5.74, 6) is -0.531. The molecule has 1 heterocycles. The number of hydrogen-bond donors (Lipinski definition) is 5. The first kappa shape index (κ1) is 19.6. The standard InChI is InChI=1S/C16H20N4O5S/c1-8-10(16(24)25-2)4-3-5-11(8)19-15-12(14(23)20-26-15)13(17)18-6-9(22)7-21/h3-5,9,19,21-22H,6-7H2,1-2H3,(H2,17,18)(H,20,23). The SMILES string of the molecule is COC(=O)c1cccc(Nc2s[nH]c(=O)c2C(N)=NCC(O)CO)c1C. The van der Waals surface area contributed by atoms with Gasteiger partial charge in [-0.1, -0.05) is 6.07 Å². The molecule has 140 valence electrons. The second kappa shape index (κ2) is 8.61. The van der Waals surface area contributed by atoms with Crippen LogP contribution in [0.5, 0.6) is 0 Å². The average molecular weight is 380 g/mol. The van der Waals surface area contributed by atoms with Gasteiger partial charge in [-0.05, 0) is 36.2 Å². The van der Waals surface area contributed by atoms with E-state index in [0.29, 0.717) is 21.8 Å². The Morgan fingerprint density at radius 2 is 2.23 bits per heavy atom. The van der Waals surface area contributed by atoms with Gasteiger partial charge in [0.05, 0.1) is 31.9 Å². The Morgan fingerprint density at radius 3 is 2.88 bits per heavy atom. The summed E-state index contributed by atoms with van der Waals surface area (Å²) in [6.45, 7) is 1.16. The molecule has 6 N–H and O–H groups in total. The number of aliphatic hydroxyl groups excluding tert-OH is 2. The third-order valence-electron chi connectivity index (χ3n) is 3.63. The predicted molar refractivity (Wildman–Crippen MR) is 99.4 cm³/mol. The number of methoxy groups -OCH3 is 1. The summed E-state index contributed by atoms with van der Waals surface area (Å²) >= 11 is 1.03. The number of aromatic amines is 1. The number of carbonyl (C=O) groups excluding carboxylic acids is 1. The minimum Gasteiger partial charge on any atom is -0.465 e. The van der Waals surface area contributed by atoms with Gasteiger partial charge in [0.2, 0.25) is 0 Å². The van der Waals surface area contributed by atoms with Crippen LogP contribution in [0.1, 0.15) is 21.5 Å². The Morgan fingerprint density at radius 1 is 1.50 bits per heavy atom. The van der Waals surface area contributed by atoms with E-state index in [4.69, 9.17) is 15.6 Å². The topological polar surface area (TPSA) is 150 Å². The second-order valence-corrected chi connectivity index (χ2v) is 6.21. The molecule has 0 saturated carbocycles. The molecule has 0 saturated heterocycles. The van der Waals surface area contributed by atoms with E-state index in [9.17, 15) is 14.7 Å². The monoisotopic (exact) mass is 380 g/mol. The molecule has 2 rings (SSSR count). The number of anilines is 2. The van der Waals surface area contributed by atoms with Crippen molar-refractivity contribution in [1.82, 2.24) is 4.37 Å². The van der Waals surface area contributed by atoms with E-state index in [1.807, 2.05) is 0 Å². The summed E-state index contributed by atoms with van der Waals surface area (Å²) in [4.78, 5) is 27.8. The first-order valence-electron chi connectivity index (χ1n) is 7.64. The van der Waals surface area contributed by atoms with Crippen molar-refractivity contribution in [2.75, 3.05) is 25.6 Å². The molecule has 0 radical (unpaired) electrons. The number of aromatic nitrogens is 1. The third kappa shape index (κ3) is 4.28. The van der Waals surface area contributed by atoms with Crippen molar-refractivity contribution >= 4 is 34.0 Å². The molecule has 1 atom stereocenters. The lowest BCUT2D eigenvalue weighted by Crippen LogP contribution is -2.25. The van der Waals surface area contributed by atoms with Gasteiger partial charge in [-0.15, -0.1) is 0 Å². The maximum Gasteiger partial charge on any atom is 0.338 e. The van der Waals surface area contributed by atoms with Gasteiger partial charge in [0, 0.05) is 5.69 Å². The Balaban J connectivity index is 2.35. The first-order chi connectivity index (χ1) is 12.4. The van der Waals surface area contributed by atoms with E-state index in [0.717, 1.165) is 11.5 Å². The fraction of sp³-hybridized carbons (Fsp3) is 0.312. The van der Waals surface area contributed by atoms with Crippen LogP contribution in [0, 0.1) is 6.92 Å². The molecule has 1 aromatic carbocycles. The third-order valence-corrected chi connectivity index (χ3v) is 4.42. The number of benzene rings is 1. The molecule has 0 bridgehead atoms. The molecule has 0 amide bonds. The molecule has 1 aromatic heterocycles. The maximum absolute atomic E-state index is 12.1. The van der Waals surface area contributed by atoms with Crippen molar-refractivity contribution in [3.8, 4) is 0 Å². The summed E-state index contributed by atoms with van der Waals surface area (Å²) in [6.07, 6.45) is -1.05. The Hall–Kier alpha value is -2.69. The van der Waals surface area contributed by atoms with Crippen LogP contribution in [0.4, 0.5) is 10.7 Å². The highest BCUT2D eigenvalue weighted by molar-refractivity contribution is 7.10. The zero-order valence-corrected chi connectivity index (χ0v) is 15.1. The number of amidine groups is 1. The van der Waals surface area contributed by atoms with Gasteiger partial charge in [-0.3, -0.25) is 14.2 Å². The van der Waals surface area contributed by atoms with Gasteiger partial charge in [-0.2, -0.15) is 0 Å². The van der Waals surface area contributed by atoms with Crippen LogP contribution in [-0.4, -0.2) is 52.8 Å². The smallest absolute Gasteiger partial charge is 0.338 e. The predicted octanol–water partition coefficient (Wildman–Crippen LogP) is 0.334. The molecule has 0 spiro atoms. The van der Waals surface area contributed by atoms with Crippen LogP contribution in [-0.2, 0) is 4.74 Å². The zero-order valence-electron chi connectivity index (χ0n) is 14.3. The van der Waals surface area contributed by atoms with Crippen molar-refractivity contribution in [3.63, 3.8) is 0 Å². The molecule has 0 fully saturated rings. The number of esters is 1. The van der Waals surface area contributed by atoms with Crippen LogP contribution in [0.25, 0.3) is 0 Å². The molecule has 0 aliphatic rings.